The zero-order chi connectivity index (χ0) is 14.0. The van der Waals surface area contributed by atoms with Crippen LogP contribution in [0.4, 0.5) is 5.69 Å². The Balaban J connectivity index is 2.39. The topological polar surface area (TPSA) is 119 Å². The van der Waals surface area contributed by atoms with E-state index in [1.165, 1.54) is 6.26 Å². The van der Waals surface area contributed by atoms with Gasteiger partial charge in [-0.25, -0.2) is 14.8 Å². The predicted molar refractivity (Wildman–Crippen MR) is 63.2 cm³/mol. The maximum Gasteiger partial charge on any atom is 0.338 e. The molecule has 2 rings (SSSR count). The van der Waals surface area contributed by atoms with E-state index >= 15 is 0 Å². The molecule has 2 aromatic rings. The van der Waals surface area contributed by atoms with Crippen LogP contribution in [0.1, 0.15) is 16.1 Å². The summed E-state index contributed by atoms with van der Waals surface area (Å²) >= 11 is 0.891. The first-order valence-electron chi connectivity index (χ1n) is 4.95. The minimum Gasteiger partial charge on any atom is -0.478 e. The summed E-state index contributed by atoms with van der Waals surface area (Å²) in [6, 6.07) is 0.952. The molecule has 0 saturated heterocycles. The number of hydrogen-bond acceptors (Lipinski definition) is 7. The van der Waals surface area contributed by atoms with Crippen molar-refractivity contribution in [3.05, 3.63) is 39.9 Å². The summed E-state index contributed by atoms with van der Waals surface area (Å²) in [4.78, 5) is 28.7. The molecule has 2 aromatic heterocycles. The molecule has 2 heterocycles. The van der Waals surface area contributed by atoms with Crippen LogP contribution >= 0.6 is 11.8 Å². The average Bonchev–Trinajstić information content (AvgIpc) is 2.74. The van der Waals surface area contributed by atoms with E-state index in [0.717, 1.165) is 24.0 Å². The summed E-state index contributed by atoms with van der Waals surface area (Å²) in [5.74, 6) is -1.30. The predicted octanol–water partition coefficient (Wildman–Crippen LogP) is 2.14. The molecule has 0 amide bonds. The summed E-state index contributed by atoms with van der Waals surface area (Å²) in [6.07, 6.45) is 2.40. The van der Waals surface area contributed by atoms with Crippen molar-refractivity contribution in [1.29, 1.82) is 0 Å². The largest absolute Gasteiger partial charge is 0.478 e. The Labute approximate surface area is 110 Å². The minimum atomic E-state index is -1.30. The number of aromatic carboxylic acids is 1. The Hall–Kier alpha value is -2.42. The number of nitrogens with zero attached hydrogens (tertiary/aromatic N) is 3. The number of oxazole rings is 1. The van der Waals surface area contributed by atoms with Gasteiger partial charge in [-0.2, -0.15) is 0 Å². The van der Waals surface area contributed by atoms with E-state index < -0.39 is 10.9 Å². The van der Waals surface area contributed by atoms with Gasteiger partial charge < -0.3 is 9.52 Å². The molecule has 0 aliphatic rings. The molecule has 1 N–H and O–H groups in total. The van der Waals surface area contributed by atoms with Crippen LogP contribution in [0.5, 0.6) is 0 Å². The van der Waals surface area contributed by atoms with Gasteiger partial charge in [-0.1, -0.05) is 0 Å². The summed E-state index contributed by atoms with van der Waals surface area (Å²) in [7, 11) is 0. The van der Waals surface area contributed by atoms with Gasteiger partial charge in [0, 0.05) is 6.07 Å². The van der Waals surface area contributed by atoms with E-state index in [1.807, 2.05) is 0 Å². The first-order chi connectivity index (χ1) is 8.97. The highest BCUT2D eigenvalue weighted by Gasteiger charge is 2.19. The van der Waals surface area contributed by atoms with Crippen molar-refractivity contribution in [2.75, 3.05) is 0 Å². The fourth-order valence-electron chi connectivity index (χ4n) is 1.24. The third-order valence-electron chi connectivity index (χ3n) is 2.06. The lowest BCUT2D eigenvalue weighted by molar-refractivity contribution is -0.385. The molecule has 0 atom stereocenters. The van der Waals surface area contributed by atoms with E-state index in [4.69, 9.17) is 9.52 Å². The normalized spacial score (nSPS) is 10.4. The summed E-state index contributed by atoms with van der Waals surface area (Å²) in [6.45, 7) is 1.72. The lowest BCUT2D eigenvalue weighted by Crippen LogP contribution is -2.02. The molecule has 0 aliphatic heterocycles. The molecule has 0 saturated carbocycles. The van der Waals surface area contributed by atoms with Gasteiger partial charge in [0.2, 0.25) is 0 Å². The van der Waals surface area contributed by atoms with Crippen molar-refractivity contribution in [2.24, 2.45) is 0 Å². The van der Waals surface area contributed by atoms with E-state index in [2.05, 4.69) is 9.97 Å². The Kier molecular flexibility index (Phi) is 3.47. The highest BCUT2D eigenvalue weighted by molar-refractivity contribution is 7.99. The SMILES string of the molecule is Cc1coc(Sc2ncc([N+](=O)[O-])cc2C(=O)O)n1. The van der Waals surface area contributed by atoms with Gasteiger partial charge in [0.15, 0.2) is 0 Å². The molecule has 0 fully saturated rings. The van der Waals surface area contributed by atoms with Crippen LogP contribution < -0.4 is 0 Å². The molecular formula is C10H7N3O5S. The van der Waals surface area contributed by atoms with Crippen LogP contribution in [0.15, 0.2) is 33.2 Å². The van der Waals surface area contributed by atoms with Crippen LogP contribution in [-0.4, -0.2) is 26.0 Å². The Morgan fingerprint density at radius 1 is 1.58 bits per heavy atom. The quantitative estimate of drug-likeness (QED) is 0.668. The molecule has 0 radical (unpaired) electrons. The van der Waals surface area contributed by atoms with Gasteiger partial charge in [-0.15, -0.1) is 0 Å². The molecule has 98 valence electrons. The number of carbonyl (C=O) groups is 1. The number of carboxylic acid groups (broad SMARTS) is 1. The van der Waals surface area contributed by atoms with Crippen molar-refractivity contribution in [3.63, 3.8) is 0 Å². The van der Waals surface area contributed by atoms with Crippen molar-refractivity contribution >= 4 is 23.4 Å². The van der Waals surface area contributed by atoms with E-state index in [0.29, 0.717) is 5.69 Å². The second kappa shape index (κ2) is 5.06. The van der Waals surface area contributed by atoms with Crippen LogP contribution in [0.2, 0.25) is 0 Å². The van der Waals surface area contributed by atoms with E-state index in [9.17, 15) is 14.9 Å². The first kappa shape index (κ1) is 13.0. The molecule has 8 nitrogen and oxygen atoms in total. The van der Waals surface area contributed by atoms with E-state index in [-0.39, 0.29) is 21.5 Å². The molecular weight excluding hydrogens is 274 g/mol. The van der Waals surface area contributed by atoms with Gasteiger partial charge in [0.05, 0.1) is 16.2 Å². The second-order valence-corrected chi connectivity index (χ2v) is 4.41. The number of aryl methyl sites for hydroxylation is 1. The lowest BCUT2D eigenvalue weighted by Gasteiger charge is -2.01. The molecule has 0 aliphatic carbocycles. The van der Waals surface area contributed by atoms with Crippen LogP contribution in [0, 0.1) is 17.0 Å². The van der Waals surface area contributed by atoms with Gasteiger partial charge in [0.25, 0.3) is 10.9 Å². The summed E-state index contributed by atoms with van der Waals surface area (Å²) in [5.41, 5.74) is -0.0123. The number of carboxylic acids is 1. The smallest absolute Gasteiger partial charge is 0.338 e. The zero-order valence-corrected chi connectivity index (χ0v) is 10.4. The minimum absolute atomic E-state index is 0.0833. The Morgan fingerprint density at radius 2 is 2.32 bits per heavy atom. The Morgan fingerprint density at radius 3 is 2.84 bits per heavy atom. The molecule has 0 unspecified atom stereocenters. The Bertz CT molecular complexity index is 654. The molecule has 19 heavy (non-hydrogen) atoms. The third-order valence-corrected chi connectivity index (χ3v) is 2.94. The van der Waals surface area contributed by atoms with Crippen LogP contribution in [0.3, 0.4) is 0 Å². The van der Waals surface area contributed by atoms with Crippen molar-refractivity contribution in [1.82, 2.24) is 9.97 Å². The maximum absolute atomic E-state index is 11.1. The van der Waals surface area contributed by atoms with Crippen molar-refractivity contribution in [3.8, 4) is 0 Å². The molecule has 9 heteroatoms. The van der Waals surface area contributed by atoms with Crippen LogP contribution in [-0.2, 0) is 0 Å². The van der Waals surface area contributed by atoms with Gasteiger partial charge in [-0.05, 0) is 18.7 Å². The summed E-state index contributed by atoms with van der Waals surface area (Å²) < 4.78 is 5.07. The number of rotatable bonds is 4. The fourth-order valence-corrected chi connectivity index (χ4v) is 2.05. The highest BCUT2D eigenvalue weighted by Crippen LogP contribution is 2.29. The van der Waals surface area contributed by atoms with E-state index in [1.54, 1.807) is 6.92 Å². The van der Waals surface area contributed by atoms with Crippen molar-refractivity contribution in [2.45, 2.75) is 17.2 Å². The van der Waals surface area contributed by atoms with Gasteiger partial charge in [-0.3, -0.25) is 10.1 Å². The number of hydrogen-bond donors (Lipinski definition) is 1. The van der Waals surface area contributed by atoms with Crippen LogP contribution in [0.25, 0.3) is 0 Å². The number of nitro groups is 1. The highest BCUT2D eigenvalue weighted by atomic mass is 32.2. The van der Waals surface area contributed by atoms with Crippen molar-refractivity contribution < 1.29 is 19.2 Å². The second-order valence-electron chi connectivity index (χ2n) is 3.47. The van der Waals surface area contributed by atoms with Gasteiger partial charge in [0.1, 0.15) is 17.5 Å². The van der Waals surface area contributed by atoms with Gasteiger partial charge >= 0.3 is 5.97 Å². The fraction of sp³-hybridized carbons (Fsp3) is 0.100. The third kappa shape index (κ3) is 2.88. The lowest BCUT2D eigenvalue weighted by atomic mass is 10.3. The molecule has 0 spiro atoms. The standard InChI is InChI=1S/C10H7N3O5S/c1-5-4-18-10(12-5)19-8-7(9(14)15)2-6(3-11-8)13(16)17/h2-4H,1H3,(H,14,15). The monoisotopic (exact) mass is 281 g/mol. The maximum atomic E-state index is 11.1. The average molecular weight is 281 g/mol. The summed E-state index contributed by atoms with van der Waals surface area (Å²) in [5, 5.41) is 19.9. The zero-order valence-electron chi connectivity index (χ0n) is 9.56. The first-order valence-corrected chi connectivity index (χ1v) is 5.76. The number of pyridine rings is 1. The molecule has 0 bridgehead atoms. The number of aromatic nitrogens is 2. The molecule has 0 aromatic carbocycles.